The van der Waals surface area contributed by atoms with Crippen molar-refractivity contribution in [2.75, 3.05) is 13.7 Å². The molecule has 3 heteroatoms. The molecule has 0 heterocycles. The molecule has 0 radical (unpaired) electrons. The third kappa shape index (κ3) is 6.68. The molecule has 1 N–H and O–H groups in total. The van der Waals surface area contributed by atoms with Crippen LogP contribution in [0.25, 0.3) is 0 Å². The monoisotopic (exact) mass is 346 g/mol. The van der Waals surface area contributed by atoms with Crippen LogP contribution in [-0.4, -0.2) is 24.9 Å². The molecule has 0 fully saturated rings. The van der Waals surface area contributed by atoms with Gasteiger partial charge in [0.1, 0.15) is 5.75 Å². The van der Waals surface area contributed by atoms with E-state index in [0.29, 0.717) is 24.4 Å². The normalized spacial score (nSPS) is 17.7. The summed E-state index contributed by atoms with van der Waals surface area (Å²) >= 11 is 0. The van der Waals surface area contributed by atoms with E-state index in [1.165, 1.54) is 0 Å². The van der Waals surface area contributed by atoms with Crippen molar-refractivity contribution < 1.29 is 14.6 Å². The predicted octanol–water partition coefficient (Wildman–Crippen LogP) is 4.86. The predicted molar refractivity (Wildman–Crippen MR) is 105 cm³/mol. The Hall–Kier alpha value is -1.58. The topological polar surface area (TPSA) is 38.7 Å². The second kappa shape index (κ2) is 11.1. The van der Waals surface area contributed by atoms with Crippen molar-refractivity contribution in [3.05, 3.63) is 54.6 Å². The molecule has 0 bridgehead atoms. The minimum absolute atomic E-state index is 0.00156. The van der Waals surface area contributed by atoms with Gasteiger partial charge in [0.2, 0.25) is 0 Å². The molecule has 0 saturated carbocycles. The fourth-order valence-electron chi connectivity index (χ4n) is 3.06. The van der Waals surface area contributed by atoms with E-state index in [9.17, 15) is 5.11 Å². The summed E-state index contributed by atoms with van der Waals surface area (Å²) in [4.78, 5) is 0. The number of aliphatic hydroxyl groups excluding tert-OH is 1. The number of benzene rings is 1. The first-order valence-corrected chi connectivity index (χ1v) is 9.09. The van der Waals surface area contributed by atoms with Gasteiger partial charge in [-0.1, -0.05) is 64.6 Å². The fourth-order valence-corrected chi connectivity index (χ4v) is 3.06. The summed E-state index contributed by atoms with van der Waals surface area (Å²) in [6.45, 7) is 13.1. The Bertz CT molecular complexity index is 521. The van der Waals surface area contributed by atoms with Crippen LogP contribution in [-0.2, 0) is 11.3 Å². The minimum Gasteiger partial charge on any atom is -0.497 e. The van der Waals surface area contributed by atoms with Crippen LogP contribution in [0.1, 0.15) is 33.3 Å². The van der Waals surface area contributed by atoms with Gasteiger partial charge in [-0.05, 0) is 35.4 Å². The maximum Gasteiger partial charge on any atom is 0.118 e. The highest BCUT2D eigenvalue weighted by Crippen LogP contribution is 2.30. The van der Waals surface area contributed by atoms with Crippen molar-refractivity contribution in [1.82, 2.24) is 0 Å². The van der Waals surface area contributed by atoms with Crippen LogP contribution in [0.5, 0.6) is 5.75 Å². The zero-order valence-electron chi connectivity index (χ0n) is 16.3. The van der Waals surface area contributed by atoms with Crippen LogP contribution in [0.2, 0.25) is 0 Å². The van der Waals surface area contributed by atoms with Gasteiger partial charge in [0.25, 0.3) is 0 Å². The van der Waals surface area contributed by atoms with Crippen LogP contribution < -0.4 is 4.74 Å². The Morgan fingerprint density at radius 2 is 1.72 bits per heavy atom. The molecule has 0 spiro atoms. The Morgan fingerprint density at radius 3 is 2.24 bits per heavy atom. The van der Waals surface area contributed by atoms with Gasteiger partial charge in [-0.25, -0.2) is 0 Å². The first-order valence-electron chi connectivity index (χ1n) is 9.09. The standard InChI is InChI=1S/C22H34O3/c1-7-8-9-16(2)18(4)19(5)22(17(3)14-23)25-15-20-10-12-21(24-6)13-11-20/h7-13,16-19,22-23H,1,14-15H2,2-6H3/b9-8-/t16-,17?,18?,19?,22?/m0/s1. The average molecular weight is 347 g/mol. The number of methoxy groups -OCH3 is 1. The second-order valence-corrected chi connectivity index (χ2v) is 6.98. The molecular weight excluding hydrogens is 312 g/mol. The molecule has 25 heavy (non-hydrogen) atoms. The first-order chi connectivity index (χ1) is 11.9. The largest absolute Gasteiger partial charge is 0.497 e. The van der Waals surface area contributed by atoms with Gasteiger partial charge < -0.3 is 14.6 Å². The summed E-state index contributed by atoms with van der Waals surface area (Å²) in [6.07, 6.45) is 5.98. The number of hydrogen-bond donors (Lipinski definition) is 1. The van der Waals surface area contributed by atoms with Gasteiger partial charge in [-0.15, -0.1) is 0 Å². The molecule has 1 aromatic rings. The van der Waals surface area contributed by atoms with Crippen LogP contribution in [0.3, 0.4) is 0 Å². The SMILES string of the molecule is C=C/C=C\[C@H](C)C(C)C(C)C(OCc1ccc(OC)cc1)C(C)CO. The van der Waals surface area contributed by atoms with Crippen molar-refractivity contribution in [1.29, 1.82) is 0 Å². The first kappa shape index (κ1) is 21.5. The van der Waals surface area contributed by atoms with Crippen molar-refractivity contribution in [3.8, 4) is 5.75 Å². The molecule has 0 aromatic heterocycles. The fraction of sp³-hybridized carbons (Fsp3) is 0.545. The zero-order valence-corrected chi connectivity index (χ0v) is 16.3. The molecular formula is C22H34O3. The lowest BCUT2D eigenvalue weighted by Crippen LogP contribution is -2.36. The van der Waals surface area contributed by atoms with E-state index >= 15 is 0 Å². The average Bonchev–Trinajstić information content (AvgIpc) is 2.65. The number of ether oxygens (including phenoxy) is 2. The van der Waals surface area contributed by atoms with E-state index in [0.717, 1.165) is 11.3 Å². The maximum atomic E-state index is 9.66. The van der Waals surface area contributed by atoms with Crippen molar-refractivity contribution in [2.45, 2.75) is 40.4 Å². The van der Waals surface area contributed by atoms with Crippen LogP contribution in [0, 0.1) is 23.7 Å². The lowest BCUT2D eigenvalue weighted by atomic mass is 9.78. The lowest BCUT2D eigenvalue weighted by molar-refractivity contribution is -0.0577. The van der Waals surface area contributed by atoms with Gasteiger partial charge in [-0.3, -0.25) is 0 Å². The second-order valence-electron chi connectivity index (χ2n) is 6.98. The summed E-state index contributed by atoms with van der Waals surface area (Å²) in [7, 11) is 1.66. The molecule has 0 aliphatic rings. The third-order valence-electron chi connectivity index (χ3n) is 5.18. The van der Waals surface area contributed by atoms with E-state index in [1.54, 1.807) is 7.11 Å². The Kier molecular flexibility index (Phi) is 9.54. The van der Waals surface area contributed by atoms with E-state index in [-0.39, 0.29) is 18.6 Å². The van der Waals surface area contributed by atoms with Crippen molar-refractivity contribution in [2.24, 2.45) is 23.7 Å². The van der Waals surface area contributed by atoms with Crippen molar-refractivity contribution >= 4 is 0 Å². The number of hydrogen-bond acceptors (Lipinski definition) is 3. The summed E-state index contributed by atoms with van der Waals surface area (Å²) in [5.41, 5.74) is 1.11. The maximum absolute atomic E-state index is 9.66. The third-order valence-corrected chi connectivity index (χ3v) is 5.18. The van der Waals surface area contributed by atoms with Gasteiger partial charge in [-0.2, -0.15) is 0 Å². The van der Waals surface area contributed by atoms with Crippen LogP contribution in [0.4, 0.5) is 0 Å². The molecule has 4 unspecified atom stereocenters. The molecule has 0 aliphatic carbocycles. The van der Waals surface area contributed by atoms with Crippen LogP contribution in [0.15, 0.2) is 49.1 Å². The summed E-state index contributed by atoms with van der Waals surface area (Å²) < 4.78 is 11.4. The number of rotatable bonds is 11. The summed E-state index contributed by atoms with van der Waals surface area (Å²) in [6, 6.07) is 7.92. The summed E-state index contributed by atoms with van der Waals surface area (Å²) in [5.74, 6) is 2.11. The van der Waals surface area contributed by atoms with E-state index < -0.39 is 0 Å². The minimum atomic E-state index is 0.00156. The van der Waals surface area contributed by atoms with Gasteiger partial charge >= 0.3 is 0 Å². The smallest absolute Gasteiger partial charge is 0.118 e. The summed E-state index contributed by atoms with van der Waals surface area (Å²) in [5, 5.41) is 9.66. The van der Waals surface area contributed by atoms with Crippen LogP contribution >= 0.6 is 0 Å². The molecule has 1 rings (SSSR count). The zero-order chi connectivity index (χ0) is 18.8. The van der Waals surface area contributed by atoms with E-state index in [1.807, 2.05) is 43.3 Å². The quantitative estimate of drug-likeness (QED) is 0.582. The molecule has 140 valence electrons. The number of allylic oxidation sites excluding steroid dienone is 3. The van der Waals surface area contributed by atoms with E-state index in [4.69, 9.17) is 9.47 Å². The Labute approximate surface area is 153 Å². The molecule has 1 aromatic carbocycles. The van der Waals surface area contributed by atoms with Gasteiger partial charge in [0.15, 0.2) is 0 Å². The lowest BCUT2D eigenvalue weighted by Gasteiger charge is -2.34. The molecule has 0 amide bonds. The highest BCUT2D eigenvalue weighted by molar-refractivity contribution is 5.26. The van der Waals surface area contributed by atoms with E-state index in [2.05, 4.69) is 33.4 Å². The Balaban J connectivity index is 2.77. The molecule has 5 atom stereocenters. The molecule has 0 aliphatic heterocycles. The Morgan fingerprint density at radius 1 is 1.08 bits per heavy atom. The highest BCUT2D eigenvalue weighted by atomic mass is 16.5. The number of aliphatic hydroxyl groups is 1. The molecule has 3 nitrogen and oxygen atoms in total. The van der Waals surface area contributed by atoms with Gasteiger partial charge in [0, 0.05) is 12.5 Å². The highest BCUT2D eigenvalue weighted by Gasteiger charge is 2.30. The van der Waals surface area contributed by atoms with Gasteiger partial charge in [0.05, 0.1) is 19.8 Å². The van der Waals surface area contributed by atoms with Crippen molar-refractivity contribution in [3.63, 3.8) is 0 Å². The molecule has 0 saturated heterocycles.